The minimum Gasteiger partial charge on any atom is -0.502 e. The van der Waals surface area contributed by atoms with Crippen LogP contribution in [0.2, 0.25) is 0 Å². The molecule has 7 nitrogen and oxygen atoms in total. The lowest BCUT2D eigenvalue weighted by atomic mass is 9.98. The van der Waals surface area contributed by atoms with Gasteiger partial charge in [0.2, 0.25) is 0 Å². The average molecular weight is 327 g/mol. The fraction of sp³-hybridized carbons (Fsp3) is 0.118. The second kappa shape index (κ2) is 6.04. The fourth-order valence-corrected chi connectivity index (χ4v) is 2.42. The summed E-state index contributed by atoms with van der Waals surface area (Å²) in [4.78, 5) is 22.8. The predicted octanol–water partition coefficient (Wildman–Crippen LogP) is 2.97. The SMILES string of the molecule is COc1ccc2c(c1)C(=O)/C(=C\c1ccc(O)c([N+](=O)[O-])c1)CO2. The summed E-state index contributed by atoms with van der Waals surface area (Å²) in [6, 6.07) is 8.86. The summed E-state index contributed by atoms with van der Waals surface area (Å²) in [5, 5.41) is 20.4. The van der Waals surface area contributed by atoms with E-state index < -0.39 is 16.4 Å². The Morgan fingerprint density at radius 2 is 2.08 bits per heavy atom. The van der Waals surface area contributed by atoms with Crippen molar-refractivity contribution in [1.29, 1.82) is 0 Å². The van der Waals surface area contributed by atoms with Crippen molar-refractivity contribution < 1.29 is 24.3 Å². The Bertz CT molecular complexity index is 871. The number of ketones is 1. The maximum Gasteiger partial charge on any atom is 0.311 e. The van der Waals surface area contributed by atoms with E-state index in [1.807, 2.05) is 0 Å². The Kier molecular flexibility index (Phi) is 3.91. The van der Waals surface area contributed by atoms with Crippen LogP contribution in [0.25, 0.3) is 6.08 Å². The van der Waals surface area contributed by atoms with Crippen molar-refractivity contribution in [2.75, 3.05) is 13.7 Å². The van der Waals surface area contributed by atoms with Crippen LogP contribution in [0.4, 0.5) is 5.69 Å². The zero-order valence-corrected chi connectivity index (χ0v) is 12.7. The summed E-state index contributed by atoms with van der Waals surface area (Å²) in [6.07, 6.45) is 1.51. The van der Waals surface area contributed by atoms with Crippen LogP contribution in [0, 0.1) is 10.1 Å². The molecule has 1 aliphatic heterocycles. The maximum atomic E-state index is 12.6. The van der Waals surface area contributed by atoms with Crippen molar-refractivity contribution >= 4 is 17.5 Å². The molecule has 0 aliphatic carbocycles. The standard InChI is InChI=1S/C17H13NO6/c1-23-12-3-5-16-13(8-12)17(20)11(9-24-16)6-10-2-4-15(19)14(7-10)18(21)22/h2-8,19H,9H2,1H3/b11-6-. The smallest absolute Gasteiger partial charge is 0.311 e. The third-order valence-electron chi connectivity index (χ3n) is 3.64. The molecule has 0 saturated carbocycles. The van der Waals surface area contributed by atoms with E-state index in [4.69, 9.17) is 9.47 Å². The predicted molar refractivity (Wildman–Crippen MR) is 85.6 cm³/mol. The minimum absolute atomic E-state index is 0.0623. The molecular weight excluding hydrogens is 314 g/mol. The van der Waals surface area contributed by atoms with Crippen molar-refractivity contribution in [3.63, 3.8) is 0 Å². The highest BCUT2D eigenvalue weighted by molar-refractivity contribution is 6.14. The van der Waals surface area contributed by atoms with Crippen LogP contribution in [-0.4, -0.2) is 29.5 Å². The van der Waals surface area contributed by atoms with Gasteiger partial charge >= 0.3 is 5.69 Å². The molecule has 0 spiro atoms. The van der Waals surface area contributed by atoms with Gasteiger partial charge in [-0.15, -0.1) is 0 Å². The van der Waals surface area contributed by atoms with E-state index in [2.05, 4.69) is 0 Å². The molecule has 0 saturated heterocycles. The first kappa shape index (κ1) is 15.5. The molecule has 1 heterocycles. The first-order valence-electron chi connectivity index (χ1n) is 7.03. The molecule has 0 unspecified atom stereocenters. The number of phenolic OH excluding ortho intramolecular Hbond substituents is 1. The Balaban J connectivity index is 1.98. The quantitative estimate of drug-likeness (QED) is 0.528. The zero-order valence-electron chi connectivity index (χ0n) is 12.7. The molecule has 2 aromatic carbocycles. The summed E-state index contributed by atoms with van der Waals surface area (Å²) in [5.41, 5.74) is 0.740. The molecule has 122 valence electrons. The number of rotatable bonds is 3. The fourth-order valence-electron chi connectivity index (χ4n) is 2.42. The molecule has 0 amide bonds. The van der Waals surface area contributed by atoms with Crippen molar-refractivity contribution in [1.82, 2.24) is 0 Å². The molecule has 1 N–H and O–H groups in total. The molecule has 1 aliphatic rings. The monoisotopic (exact) mass is 327 g/mol. The van der Waals surface area contributed by atoms with Crippen molar-refractivity contribution in [3.05, 3.63) is 63.2 Å². The third kappa shape index (κ3) is 2.79. The summed E-state index contributed by atoms with van der Waals surface area (Å²) in [6.45, 7) is 0.0623. The van der Waals surface area contributed by atoms with Crippen LogP contribution in [0.1, 0.15) is 15.9 Å². The Morgan fingerprint density at radius 3 is 2.79 bits per heavy atom. The largest absolute Gasteiger partial charge is 0.502 e. The van der Waals surface area contributed by atoms with Gasteiger partial charge in [0.15, 0.2) is 11.5 Å². The lowest BCUT2D eigenvalue weighted by molar-refractivity contribution is -0.385. The highest BCUT2D eigenvalue weighted by Crippen LogP contribution is 2.32. The van der Waals surface area contributed by atoms with Crippen molar-refractivity contribution in [3.8, 4) is 17.2 Å². The Hall–Kier alpha value is -3.35. The van der Waals surface area contributed by atoms with Crippen LogP contribution in [0.15, 0.2) is 42.0 Å². The van der Waals surface area contributed by atoms with Crippen molar-refractivity contribution in [2.45, 2.75) is 0 Å². The van der Waals surface area contributed by atoms with E-state index in [9.17, 15) is 20.0 Å². The molecule has 0 fully saturated rings. The van der Waals surface area contributed by atoms with E-state index in [0.29, 0.717) is 28.2 Å². The van der Waals surface area contributed by atoms with E-state index >= 15 is 0 Å². The van der Waals surface area contributed by atoms with E-state index in [-0.39, 0.29) is 12.4 Å². The second-order valence-electron chi connectivity index (χ2n) is 5.15. The van der Waals surface area contributed by atoms with Gasteiger partial charge < -0.3 is 14.6 Å². The van der Waals surface area contributed by atoms with Gasteiger partial charge in [-0.3, -0.25) is 14.9 Å². The molecular formula is C17H13NO6. The van der Waals surface area contributed by atoms with Crippen LogP contribution < -0.4 is 9.47 Å². The van der Waals surface area contributed by atoms with Crippen LogP contribution in [0.3, 0.4) is 0 Å². The summed E-state index contributed by atoms with van der Waals surface area (Å²) >= 11 is 0. The number of hydrogen-bond acceptors (Lipinski definition) is 6. The number of benzene rings is 2. The molecule has 2 aromatic rings. The molecule has 3 rings (SSSR count). The van der Waals surface area contributed by atoms with Gasteiger partial charge in [-0.05, 0) is 35.9 Å². The number of hydrogen-bond donors (Lipinski definition) is 1. The Labute approximate surface area is 136 Å². The molecule has 0 aromatic heterocycles. The Morgan fingerprint density at radius 1 is 1.29 bits per heavy atom. The van der Waals surface area contributed by atoms with Gasteiger partial charge in [-0.2, -0.15) is 0 Å². The highest BCUT2D eigenvalue weighted by atomic mass is 16.6. The van der Waals surface area contributed by atoms with E-state index in [1.165, 1.54) is 31.4 Å². The number of phenols is 1. The van der Waals surface area contributed by atoms with Crippen LogP contribution in [-0.2, 0) is 0 Å². The number of fused-ring (bicyclic) bond motifs is 1. The third-order valence-corrected chi connectivity index (χ3v) is 3.64. The number of nitro benzene ring substituents is 1. The lowest BCUT2D eigenvalue weighted by Crippen LogP contribution is -2.19. The van der Waals surface area contributed by atoms with Gasteiger partial charge in [-0.1, -0.05) is 6.07 Å². The number of methoxy groups -OCH3 is 1. The summed E-state index contributed by atoms with van der Waals surface area (Å²) in [5.74, 6) is 0.344. The minimum atomic E-state index is -0.684. The van der Waals surface area contributed by atoms with E-state index in [0.717, 1.165) is 0 Å². The molecule has 24 heavy (non-hydrogen) atoms. The van der Waals surface area contributed by atoms with Gasteiger partial charge in [0.25, 0.3) is 0 Å². The van der Waals surface area contributed by atoms with Crippen molar-refractivity contribution in [2.24, 2.45) is 0 Å². The first-order chi connectivity index (χ1) is 11.5. The lowest BCUT2D eigenvalue weighted by Gasteiger charge is -2.19. The summed E-state index contributed by atoms with van der Waals surface area (Å²) in [7, 11) is 1.50. The number of carbonyl (C=O) groups is 1. The first-order valence-corrected chi connectivity index (χ1v) is 7.03. The van der Waals surface area contributed by atoms with Gasteiger partial charge in [0.1, 0.15) is 18.1 Å². The normalized spacial score (nSPS) is 14.9. The van der Waals surface area contributed by atoms with Gasteiger partial charge in [0, 0.05) is 11.6 Å². The number of Topliss-reactive ketones (excluding diaryl/α,β-unsaturated/α-hetero) is 1. The van der Waals surface area contributed by atoms with Gasteiger partial charge in [-0.25, -0.2) is 0 Å². The number of aromatic hydroxyl groups is 1. The van der Waals surface area contributed by atoms with E-state index in [1.54, 1.807) is 18.2 Å². The average Bonchev–Trinajstić information content (AvgIpc) is 2.58. The van der Waals surface area contributed by atoms with Gasteiger partial charge in [0.05, 0.1) is 17.6 Å². The number of nitro groups is 1. The van der Waals surface area contributed by atoms with Crippen LogP contribution >= 0.6 is 0 Å². The molecule has 0 bridgehead atoms. The topological polar surface area (TPSA) is 98.9 Å². The summed E-state index contributed by atoms with van der Waals surface area (Å²) < 4.78 is 10.7. The zero-order chi connectivity index (χ0) is 17.3. The van der Waals surface area contributed by atoms with Crippen LogP contribution in [0.5, 0.6) is 17.2 Å². The molecule has 7 heteroatoms. The number of ether oxygens (including phenoxy) is 2. The number of nitrogens with zero attached hydrogens (tertiary/aromatic N) is 1. The highest BCUT2D eigenvalue weighted by Gasteiger charge is 2.24. The maximum absolute atomic E-state index is 12.6. The molecule has 0 atom stereocenters. The second-order valence-corrected chi connectivity index (χ2v) is 5.15. The molecule has 0 radical (unpaired) electrons. The number of carbonyl (C=O) groups excluding carboxylic acids is 1.